The van der Waals surface area contributed by atoms with E-state index >= 15 is 0 Å². The highest BCUT2D eigenvalue weighted by atomic mass is 16.6. The quantitative estimate of drug-likeness (QED) is 0.455. The van der Waals surface area contributed by atoms with Crippen molar-refractivity contribution in [3.63, 3.8) is 0 Å². The molecule has 1 amide bonds. The predicted octanol–water partition coefficient (Wildman–Crippen LogP) is 2.57. The third-order valence-electron chi connectivity index (χ3n) is 3.04. The molecule has 0 spiro atoms. The van der Waals surface area contributed by atoms with Crippen LogP contribution >= 0.6 is 0 Å². The Bertz CT molecular complexity index is 534. The van der Waals surface area contributed by atoms with E-state index in [1.54, 1.807) is 24.0 Å². The summed E-state index contributed by atoms with van der Waals surface area (Å²) in [6.45, 7) is 4.55. The van der Waals surface area contributed by atoms with Gasteiger partial charge in [-0.2, -0.15) is 0 Å². The molecule has 0 bridgehead atoms. The number of nitrogens with zero attached hydrogens (tertiary/aromatic N) is 2. The Kier molecular flexibility index (Phi) is 5.73. The first-order chi connectivity index (χ1) is 9.51. The maximum Gasteiger partial charge on any atom is 0.269 e. The van der Waals surface area contributed by atoms with Gasteiger partial charge in [-0.25, -0.2) is 0 Å². The fourth-order valence-electron chi connectivity index (χ4n) is 1.97. The lowest BCUT2D eigenvalue weighted by molar-refractivity contribution is -0.384. The number of rotatable bonds is 6. The molecule has 20 heavy (non-hydrogen) atoms. The molecule has 0 aromatic heterocycles. The average Bonchev–Trinajstić information content (AvgIpc) is 2.45. The van der Waals surface area contributed by atoms with Gasteiger partial charge in [-0.15, -0.1) is 6.42 Å². The minimum Gasteiger partial charge on any atom is -0.331 e. The summed E-state index contributed by atoms with van der Waals surface area (Å²) < 4.78 is 0. The van der Waals surface area contributed by atoms with Crippen molar-refractivity contribution in [2.75, 3.05) is 13.1 Å². The molecule has 106 valence electrons. The molecule has 1 aromatic carbocycles. The van der Waals surface area contributed by atoms with Gasteiger partial charge in [-0.05, 0) is 18.9 Å². The number of carbonyl (C=O) groups is 1. The fraction of sp³-hybridized carbons (Fsp3) is 0.400. The van der Waals surface area contributed by atoms with Crippen LogP contribution in [0.4, 0.5) is 5.69 Å². The smallest absolute Gasteiger partial charge is 0.269 e. The lowest BCUT2D eigenvalue weighted by Crippen LogP contribution is -2.35. The molecule has 0 N–H and O–H groups in total. The molecule has 0 radical (unpaired) electrons. The van der Waals surface area contributed by atoms with E-state index < -0.39 is 10.8 Å². The Labute approximate surface area is 118 Å². The van der Waals surface area contributed by atoms with Crippen LogP contribution in [-0.4, -0.2) is 28.8 Å². The third-order valence-corrected chi connectivity index (χ3v) is 3.04. The van der Waals surface area contributed by atoms with Crippen LogP contribution in [0.15, 0.2) is 24.3 Å². The zero-order chi connectivity index (χ0) is 15.1. The van der Waals surface area contributed by atoms with E-state index in [2.05, 4.69) is 5.92 Å². The summed E-state index contributed by atoms with van der Waals surface area (Å²) in [4.78, 5) is 24.3. The Hall–Kier alpha value is -2.35. The number of hydrogen-bond donors (Lipinski definition) is 0. The molecule has 0 fully saturated rings. The molecule has 0 aliphatic heterocycles. The molecular weight excluding hydrogens is 256 g/mol. The lowest BCUT2D eigenvalue weighted by Gasteiger charge is -2.23. The van der Waals surface area contributed by atoms with Gasteiger partial charge in [0.05, 0.1) is 17.4 Å². The zero-order valence-corrected chi connectivity index (χ0v) is 11.7. The van der Waals surface area contributed by atoms with Crippen LogP contribution < -0.4 is 0 Å². The second kappa shape index (κ2) is 7.29. The molecule has 1 atom stereocenters. The Morgan fingerprint density at radius 1 is 1.55 bits per heavy atom. The van der Waals surface area contributed by atoms with Crippen LogP contribution in [0.1, 0.15) is 31.7 Å². The summed E-state index contributed by atoms with van der Waals surface area (Å²) in [5.74, 6) is 1.91. The SMILES string of the molecule is C#CCN(CCC)C(=O)C(C)c1cccc([N+](=O)[O-])c1. The summed E-state index contributed by atoms with van der Waals surface area (Å²) >= 11 is 0. The van der Waals surface area contributed by atoms with Gasteiger partial charge in [-0.3, -0.25) is 14.9 Å². The maximum absolute atomic E-state index is 12.4. The van der Waals surface area contributed by atoms with Crippen LogP contribution in [-0.2, 0) is 4.79 Å². The van der Waals surface area contributed by atoms with Crippen LogP contribution in [0.5, 0.6) is 0 Å². The van der Waals surface area contributed by atoms with Crippen LogP contribution in [0.3, 0.4) is 0 Å². The van der Waals surface area contributed by atoms with E-state index in [4.69, 9.17) is 6.42 Å². The number of amides is 1. The van der Waals surface area contributed by atoms with Crippen molar-refractivity contribution in [3.05, 3.63) is 39.9 Å². The van der Waals surface area contributed by atoms with Crippen molar-refractivity contribution in [3.8, 4) is 12.3 Å². The summed E-state index contributed by atoms with van der Waals surface area (Å²) in [6, 6.07) is 6.15. The second-order valence-corrected chi connectivity index (χ2v) is 4.54. The molecule has 1 unspecified atom stereocenters. The monoisotopic (exact) mass is 274 g/mol. The first-order valence-corrected chi connectivity index (χ1v) is 6.47. The number of nitro groups is 1. The van der Waals surface area contributed by atoms with Gasteiger partial charge in [0.15, 0.2) is 0 Å². The van der Waals surface area contributed by atoms with Crippen molar-refractivity contribution in [1.82, 2.24) is 4.90 Å². The Balaban J connectivity index is 2.95. The van der Waals surface area contributed by atoms with Gasteiger partial charge in [0, 0.05) is 18.7 Å². The van der Waals surface area contributed by atoms with E-state index in [-0.39, 0.29) is 18.1 Å². The molecule has 1 aromatic rings. The molecule has 5 nitrogen and oxygen atoms in total. The summed E-state index contributed by atoms with van der Waals surface area (Å²) in [5, 5.41) is 10.8. The molecule has 0 aliphatic carbocycles. The van der Waals surface area contributed by atoms with E-state index in [1.807, 2.05) is 6.92 Å². The Morgan fingerprint density at radius 2 is 2.25 bits per heavy atom. The standard InChI is InChI=1S/C15H18N2O3/c1-4-9-16(10-5-2)15(18)12(3)13-7-6-8-14(11-13)17(19)20/h1,6-8,11-12H,5,9-10H2,2-3H3. The number of terminal acetylenes is 1. The normalized spacial score (nSPS) is 11.4. The van der Waals surface area contributed by atoms with E-state index in [1.165, 1.54) is 12.1 Å². The van der Waals surface area contributed by atoms with Crippen molar-refractivity contribution in [2.45, 2.75) is 26.2 Å². The van der Waals surface area contributed by atoms with Crippen molar-refractivity contribution < 1.29 is 9.72 Å². The van der Waals surface area contributed by atoms with Crippen LogP contribution in [0.2, 0.25) is 0 Å². The number of nitro benzene ring substituents is 1. The fourth-order valence-corrected chi connectivity index (χ4v) is 1.97. The van der Waals surface area contributed by atoms with Gasteiger partial charge in [0.25, 0.3) is 5.69 Å². The lowest BCUT2D eigenvalue weighted by atomic mass is 9.99. The molecule has 0 heterocycles. The largest absolute Gasteiger partial charge is 0.331 e. The van der Waals surface area contributed by atoms with Gasteiger partial charge in [-0.1, -0.05) is 25.0 Å². The molecule has 0 saturated carbocycles. The van der Waals surface area contributed by atoms with Crippen molar-refractivity contribution in [1.29, 1.82) is 0 Å². The number of hydrogen-bond acceptors (Lipinski definition) is 3. The van der Waals surface area contributed by atoms with E-state index in [0.717, 1.165) is 6.42 Å². The molecule has 0 aliphatic rings. The predicted molar refractivity (Wildman–Crippen MR) is 77.2 cm³/mol. The molecule has 0 saturated heterocycles. The van der Waals surface area contributed by atoms with Crippen molar-refractivity contribution in [2.24, 2.45) is 0 Å². The number of non-ortho nitro benzene ring substituents is 1. The maximum atomic E-state index is 12.4. The zero-order valence-electron chi connectivity index (χ0n) is 11.7. The summed E-state index contributed by atoms with van der Waals surface area (Å²) in [6.07, 6.45) is 6.08. The van der Waals surface area contributed by atoms with Crippen LogP contribution in [0, 0.1) is 22.5 Å². The van der Waals surface area contributed by atoms with Gasteiger partial charge < -0.3 is 4.90 Å². The summed E-state index contributed by atoms with van der Waals surface area (Å²) in [5.41, 5.74) is 0.614. The second-order valence-electron chi connectivity index (χ2n) is 4.54. The van der Waals surface area contributed by atoms with Crippen molar-refractivity contribution >= 4 is 11.6 Å². The average molecular weight is 274 g/mol. The third kappa shape index (κ3) is 3.82. The minimum atomic E-state index is -0.466. The van der Waals surface area contributed by atoms with E-state index in [0.29, 0.717) is 12.1 Å². The topological polar surface area (TPSA) is 63.5 Å². The van der Waals surface area contributed by atoms with Crippen LogP contribution in [0.25, 0.3) is 0 Å². The first-order valence-electron chi connectivity index (χ1n) is 6.47. The molecular formula is C15H18N2O3. The molecule has 5 heteroatoms. The van der Waals surface area contributed by atoms with Gasteiger partial charge in [0.1, 0.15) is 0 Å². The first kappa shape index (κ1) is 15.7. The molecule has 1 rings (SSSR count). The minimum absolute atomic E-state index is 0.0128. The number of benzene rings is 1. The highest BCUT2D eigenvalue weighted by molar-refractivity contribution is 5.83. The summed E-state index contributed by atoms with van der Waals surface area (Å²) in [7, 11) is 0. The van der Waals surface area contributed by atoms with Gasteiger partial charge >= 0.3 is 0 Å². The Morgan fingerprint density at radius 3 is 2.80 bits per heavy atom. The van der Waals surface area contributed by atoms with Gasteiger partial charge in [0.2, 0.25) is 5.91 Å². The van der Waals surface area contributed by atoms with E-state index in [9.17, 15) is 14.9 Å². The number of carbonyl (C=O) groups excluding carboxylic acids is 1. The highest BCUT2D eigenvalue weighted by Gasteiger charge is 2.22. The highest BCUT2D eigenvalue weighted by Crippen LogP contribution is 2.22.